The molecule has 0 spiro atoms. The molecule has 4 rings (SSSR count). The number of carbonyl (C=O) groups excluding carboxylic acids is 1. The first-order valence-electron chi connectivity index (χ1n) is 9.42. The van der Waals surface area contributed by atoms with E-state index in [0.717, 1.165) is 0 Å². The summed E-state index contributed by atoms with van der Waals surface area (Å²) in [6.07, 6.45) is 2.11. The standard InChI is InChI=1S/C23H18FN3O3/c24-17-7-5-6-16(14-17)22(20-10-3-4-12-25-20)30-21(28)11-13-27-15-26-19-9-2-1-8-18(19)23(27)29/h1-10,12,14-15,22H,11,13H2. The number of pyridine rings is 1. The van der Waals surface area contributed by atoms with E-state index in [4.69, 9.17) is 4.74 Å². The maximum absolute atomic E-state index is 13.7. The average Bonchev–Trinajstić information content (AvgIpc) is 2.78. The summed E-state index contributed by atoms with van der Waals surface area (Å²) in [6.45, 7) is 0.119. The summed E-state index contributed by atoms with van der Waals surface area (Å²) in [5.41, 5.74) is 1.34. The summed E-state index contributed by atoms with van der Waals surface area (Å²) in [4.78, 5) is 33.6. The van der Waals surface area contributed by atoms with Crippen LogP contribution in [-0.2, 0) is 16.1 Å². The number of aryl methyl sites for hydroxylation is 1. The van der Waals surface area contributed by atoms with Crippen molar-refractivity contribution < 1.29 is 13.9 Å². The highest BCUT2D eigenvalue weighted by molar-refractivity contribution is 5.77. The first kappa shape index (κ1) is 19.4. The van der Waals surface area contributed by atoms with E-state index in [2.05, 4.69) is 9.97 Å². The molecule has 0 radical (unpaired) electrons. The average molecular weight is 403 g/mol. The van der Waals surface area contributed by atoms with Crippen LogP contribution in [0.1, 0.15) is 23.8 Å². The van der Waals surface area contributed by atoms with Crippen LogP contribution in [0.2, 0.25) is 0 Å². The minimum Gasteiger partial charge on any atom is -0.451 e. The van der Waals surface area contributed by atoms with E-state index in [-0.39, 0.29) is 18.5 Å². The zero-order valence-electron chi connectivity index (χ0n) is 15.9. The molecule has 0 aliphatic rings. The van der Waals surface area contributed by atoms with Gasteiger partial charge in [-0.2, -0.15) is 0 Å². The van der Waals surface area contributed by atoms with Gasteiger partial charge in [-0.15, -0.1) is 0 Å². The van der Waals surface area contributed by atoms with E-state index in [1.165, 1.54) is 23.0 Å². The minimum atomic E-state index is -0.846. The number of para-hydroxylation sites is 1. The molecule has 1 atom stereocenters. The number of nitrogens with zero attached hydrogens (tertiary/aromatic N) is 3. The smallest absolute Gasteiger partial charge is 0.308 e. The molecule has 2 aromatic carbocycles. The van der Waals surface area contributed by atoms with Crippen molar-refractivity contribution >= 4 is 16.9 Å². The Kier molecular flexibility index (Phi) is 5.61. The molecule has 2 heterocycles. The molecule has 0 aliphatic carbocycles. The Morgan fingerprint density at radius 3 is 2.67 bits per heavy atom. The van der Waals surface area contributed by atoms with Gasteiger partial charge in [0.05, 0.1) is 29.3 Å². The Balaban J connectivity index is 1.52. The van der Waals surface area contributed by atoms with Crippen molar-refractivity contribution in [2.45, 2.75) is 19.1 Å². The number of hydrogen-bond donors (Lipinski definition) is 0. The SMILES string of the molecule is O=C(CCn1cnc2ccccc2c1=O)OC(c1cccc(F)c1)c1ccccn1. The summed E-state index contributed by atoms with van der Waals surface area (Å²) in [5.74, 6) is -0.965. The first-order chi connectivity index (χ1) is 14.6. The summed E-state index contributed by atoms with van der Waals surface area (Å²) in [6, 6.07) is 18.1. The molecule has 0 aliphatic heterocycles. The topological polar surface area (TPSA) is 74.1 Å². The lowest BCUT2D eigenvalue weighted by Crippen LogP contribution is -2.23. The molecule has 0 fully saturated rings. The molecule has 30 heavy (non-hydrogen) atoms. The van der Waals surface area contributed by atoms with Crippen molar-refractivity contribution in [1.82, 2.24) is 14.5 Å². The second kappa shape index (κ2) is 8.65. The fourth-order valence-electron chi connectivity index (χ4n) is 3.17. The van der Waals surface area contributed by atoms with Crippen LogP contribution >= 0.6 is 0 Å². The molecule has 2 aromatic heterocycles. The largest absolute Gasteiger partial charge is 0.451 e. The van der Waals surface area contributed by atoms with Crippen LogP contribution in [-0.4, -0.2) is 20.5 Å². The van der Waals surface area contributed by atoms with Crippen molar-refractivity contribution in [3.8, 4) is 0 Å². The lowest BCUT2D eigenvalue weighted by Gasteiger charge is -2.18. The fraction of sp³-hybridized carbons (Fsp3) is 0.130. The minimum absolute atomic E-state index is 0.0431. The Morgan fingerprint density at radius 2 is 1.87 bits per heavy atom. The normalized spacial score (nSPS) is 11.9. The molecule has 4 aromatic rings. The van der Waals surface area contributed by atoms with E-state index >= 15 is 0 Å². The van der Waals surface area contributed by atoms with Crippen LogP contribution in [0.15, 0.2) is 84.0 Å². The molecular formula is C23H18FN3O3. The van der Waals surface area contributed by atoms with Gasteiger partial charge in [0.25, 0.3) is 5.56 Å². The second-order valence-electron chi connectivity index (χ2n) is 6.69. The number of hydrogen-bond acceptors (Lipinski definition) is 5. The van der Waals surface area contributed by atoms with Crippen LogP contribution < -0.4 is 5.56 Å². The monoisotopic (exact) mass is 403 g/mol. The number of fused-ring (bicyclic) bond motifs is 1. The molecule has 0 saturated heterocycles. The zero-order chi connectivity index (χ0) is 20.9. The molecular weight excluding hydrogens is 385 g/mol. The van der Waals surface area contributed by atoms with E-state index < -0.39 is 17.9 Å². The Bertz CT molecular complexity index is 1240. The highest BCUT2D eigenvalue weighted by Gasteiger charge is 2.21. The number of benzene rings is 2. The van der Waals surface area contributed by atoms with Gasteiger partial charge in [-0.1, -0.05) is 30.3 Å². The van der Waals surface area contributed by atoms with Crippen LogP contribution in [0.4, 0.5) is 4.39 Å². The predicted octanol–water partition coefficient (Wildman–Crippen LogP) is 3.65. The first-order valence-corrected chi connectivity index (χ1v) is 9.42. The van der Waals surface area contributed by atoms with Gasteiger partial charge in [0.1, 0.15) is 5.82 Å². The number of ether oxygens (including phenoxy) is 1. The van der Waals surface area contributed by atoms with Crippen LogP contribution in [0, 0.1) is 5.82 Å². The number of aromatic nitrogens is 3. The van der Waals surface area contributed by atoms with Gasteiger partial charge in [0.15, 0.2) is 6.10 Å². The van der Waals surface area contributed by atoms with E-state index in [9.17, 15) is 14.0 Å². The second-order valence-corrected chi connectivity index (χ2v) is 6.69. The van der Waals surface area contributed by atoms with Crippen LogP contribution in [0.25, 0.3) is 10.9 Å². The maximum Gasteiger partial charge on any atom is 0.308 e. The lowest BCUT2D eigenvalue weighted by molar-refractivity contribution is -0.148. The van der Waals surface area contributed by atoms with Gasteiger partial charge in [0.2, 0.25) is 0 Å². The lowest BCUT2D eigenvalue weighted by atomic mass is 10.1. The summed E-state index contributed by atoms with van der Waals surface area (Å²) >= 11 is 0. The van der Waals surface area contributed by atoms with Gasteiger partial charge in [-0.3, -0.25) is 19.1 Å². The van der Waals surface area contributed by atoms with Gasteiger partial charge < -0.3 is 4.74 Å². The van der Waals surface area contributed by atoms with Crippen molar-refractivity contribution in [1.29, 1.82) is 0 Å². The van der Waals surface area contributed by atoms with Crippen molar-refractivity contribution in [3.05, 3.63) is 107 Å². The van der Waals surface area contributed by atoms with Gasteiger partial charge in [0, 0.05) is 18.3 Å². The number of carbonyl (C=O) groups is 1. The number of rotatable bonds is 6. The predicted molar refractivity (Wildman–Crippen MR) is 109 cm³/mol. The molecule has 150 valence electrons. The Morgan fingerprint density at radius 1 is 1.03 bits per heavy atom. The maximum atomic E-state index is 13.7. The molecule has 1 unspecified atom stereocenters. The van der Waals surface area contributed by atoms with E-state index in [0.29, 0.717) is 22.2 Å². The van der Waals surface area contributed by atoms with E-state index in [1.54, 1.807) is 60.8 Å². The molecule has 0 saturated carbocycles. The van der Waals surface area contributed by atoms with Crippen LogP contribution in [0.5, 0.6) is 0 Å². The van der Waals surface area contributed by atoms with Gasteiger partial charge >= 0.3 is 5.97 Å². The summed E-state index contributed by atoms with van der Waals surface area (Å²) < 4.78 is 20.7. The Labute approximate surface area is 171 Å². The molecule has 0 N–H and O–H groups in total. The van der Waals surface area contributed by atoms with E-state index in [1.807, 2.05) is 0 Å². The summed E-state index contributed by atoms with van der Waals surface area (Å²) in [5, 5.41) is 0.486. The third-order valence-corrected chi connectivity index (χ3v) is 4.65. The third-order valence-electron chi connectivity index (χ3n) is 4.65. The number of halogens is 1. The highest BCUT2D eigenvalue weighted by Crippen LogP contribution is 2.25. The third kappa shape index (κ3) is 4.25. The number of esters is 1. The van der Waals surface area contributed by atoms with Crippen LogP contribution in [0.3, 0.4) is 0 Å². The quantitative estimate of drug-likeness (QED) is 0.460. The molecule has 6 nitrogen and oxygen atoms in total. The highest BCUT2D eigenvalue weighted by atomic mass is 19.1. The Hall–Kier alpha value is -3.87. The van der Waals surface area contributed by atoms with Crippen molar-refractivity contribution in [3.63, 3.8) is 0 Å². The summed E-state index contributed by atoms with van der Waals surface area (Å²) in [7, 11) is 0. The van der Waals surface area contributed by atoms with Crippen molar-refractivity contribution in [2.75, 3.05) is 0 Å². The van der Waals surface area contributed by atoms with Crippen molar-refractivity contribution in [2.24, 2.45) is 0 Å². The fourth-order valence-corrected chi connectivity index (χ4v) is 3.17. The molecule has 7 heteroatoms. The molecule has 0 amide bonds. The van der Waals surface area contributed by atoms with Gasteiger partial charge in [-0.05, 0) is 36.4 Å². The zero-order valence-corrected chi connectivity index (χ0v) is 15.9. The van der Waals surface area contributed by atoms with Gasteiger partial charge in [-0.25, -0.2) is 9.37 Å². The molecule has 0 bridgehead atoms.